The number of halogens is 2. The zero-order valence-corrected chi connectivity index (χ0v) is 14.6. The Bertz CT molecular complexity index is 501. The lowest BCUT2D eigenvalue weighted by atomic mass is 9.75. The lowest BCUT2D eigenvalue weighted by molar-refractivity contribution is 0.0919. The molecule has 0 unspecified atom stereocenters. The fourth-order valence-electron chi connectivity index (χ4n) is 2.88. The summed E-state index contributed by atoms with van der Waals surface area (Å²) in [5.74, 6) is 0.425. The van der Waals surface area contributed by atoms with Crippen molar-refractivity contribution in [1.29, 1.82) is 0 Å². The van der Waals surface area contributed by atoms with Crippen LogP contribution in [0.1, 0.15) is 42.5 Å². The van der Waals surface area contributed by atoms with Crippen molar-refractivity contribution in [2.75, 3.05) is 19.0 Å². The van der Waals surface area contributed by atoms with E-state index in [0.717, 1.165) is 18.2 Å². The highest BCUT2D eigenvalue weighted by Gasteiger charge is 2.31. The van der Waals surface area contributed by atoms with E-state index in [2.05, 4.69) is 21.2 Å². The molecule has 1 N–H and O–H groups in total. The number of hydrogen-bond acceptors (Lipinski definition) is 2. The van der Waals surface area contributed by atoms with Crippen molar-refractivity contribution in [3.05, 3.63) is 28.8 Å². The lowest BCUT2D eigenvalue weighted by Gasteiger charge is -2.35. The van der Waals surface area contributed by atoms with Crippen molar-refractivity contribution in [2.45, 2.75) is 32.1 Å². The minimum absolute atomic E-state index is 0.125. The Kier molecular flexibility index (Phi) is 5.94. The van der Waals surface area contributed by atoms with Gasteiger partial charge in [0.2, 0.25) is 0 Å². The van der Waals surface area contributed by atoms with Gasteiger partial charge in [0.25, 0.3) is 5.91 Å². The fourth-order valence-corrected chi connectivity index (χ4v) is 3.81. The highest BCUT2D eigenvalue weighted by Crippen LogP contribution is 2.37. The highest BCUT2D eigenvalue weighted by atomic mass is 79.9. The SMILES string of the molecule is COc1ccc(Cl)cc1C(=O)NCC1(CBr)CCCCC1. The highest BCUT2D eigenvalue weighted by molar-refractivity contribution is 9.09. The second kappa shape index (κ2) is 7.50. The third kappa shape index (κ3) is 4.13. The van der Waals surface area contributed by atoms with Crippen LogP contribution in [0.25, 0.3) is 0 Å². The van der Waals surface area contributed by atoms with E-state index in [0.29, 0.717) is 22.9 Å². The van der Waals surface area contributed by atoms with Gasteiger partial charge in [0.1, 0.15) is 5.75 Å². The second-order valence-corrected chi connectivity index (χ2v) is 6.72. The van der Waals surface area contributed by atoms with Gasteiger partial charge < -0.3 is 10.1 Å². The molecule has 0 radical (unpaired) electrons. The number of hydrogen-bond donors (Lipinski definition) is 1. The molecule has 5 heteroatoms. The quantitative estimate of drug-likeness (QED) is 0.775. The summed E-state index contributed by atoms with van der Waals surface area (Å²) in [7, 11) is 1.56. The summed E-state index contributed by atoms with van der Waals surface area (Å²) in [5.41, 5.74) is 0.672. The first-order chi connectivity index (χ1) is 10.1. The summed E-state index contributed by atoms with van der Waals surface area (Å²) in [4.78, 5) is 12.4. The van der Waals surface area contributed by atoms with E-state index in [1.807, 2.05) is 0 Å². The second-order valence-electron chi connectivity index (χ2n) is 5.72. The van der Waals surface area contributed by atoms with E-state index in [1.165, 1.54) is 19.3 Å². The third-order valence-electron chi connectivity index (χ3n) is 4.23. The molecule has 2 rings (SSSR count). The lowest BCUT2D eigenvalue weighted by Crippen LogP contribution is -2.40. The van der Waals surface area contributed by atoms with Crippen LogP contribution in [0.2, 0.25) is 5.02 Å². The minimum Gasteiger partial charge on any atom is -0.496 e. The van der Waals surface area contributed by atoms with Crippen molar-refractivity contribution < 1.29 is 9.53 Å². The van der Waals surface area contributed by atoms with E-state index < -0.39 is 0 Å². The first-order valence-corrected chi connectivity index (χ1v) is 8.78. The number of carbonyl (C=O) groups is 1. The maximum absolute atomic E-state index is 12.4. The average Bonchev–Trinajstić information content (AvgIpc) is 2.53. The molecule has 1 fully saturated rings. The molecule has 1 saturated carbocycles. The summed E-state index contributed by atoms with van der Waals surface area (Å²) in [6, 6.07) is 5.09. The van der Waals surface area contributed by atoms with E-state index >= 15 is 0 Å². The predicted octanol–water partition coefficient (Wildman–Crippen LogP) is 4.42. The van der Waals surface area contributed by atoms with Crippen LogP contribution in [0.4, 0.5) is 0 Å². The summed E-state index contributed by atoms with van der Waals surface area (Å²) >= 11 is 9.60. The molecule has 1 aliphatic rings. The van der Waals surface area contributed by atoms with Crippen LogP contribution in [0.3, 0.4) is 0 Å². The van der Waals surface area contributed by atoms with Crippen LogP contribution in [-0.2, 0) is 0 Å². The first-order valence-electron chi connectivity index (χ1n) is 7.28. The van der Waals surface area contributed by atoms with Gasteiger partial charge in [-0.3, -0.25) is 4.79 Å². The molecule has 1 aromatic rings. The standard InChI is InChI=1S/C16H21BrClNO2/c1-21-14-6-5-12(18)9-13(14)15(20)19-11-16(10-17)7-3-2-4-8-16/h5-6,9H,2-4,7-8,10-11H2,1H3,(H,19,20). The van der Waals surface area contributed by atoms with Crippen LogP contribution in [0.15, 0.2) is 18.2 Å². The number of amides is 1. The van der Waals surface area contributed by atoms with E-state index in [9.17, 15) is 4.79 Å². The molecule has 0 heterocycles. The fraction of sp³-hybridized carbons (Fsp3) is 0.562. The Balaban J connectivity index is 2.06. The predicted molar refractivity (Wildman–Crippen MR) is 89.6 cm³/mol. The zero-order valence-electron chi connectivity index (χ0n) is 12.3. The van der Waals surface area contributed by atoms with Gasteiger partial charge in [-0.25, -0.2) is 0 Å². The van der Waals surface area contributed by atoms with Gasteiger partial charge in [0.05, 0.1) is 12.7 Å². The number of nitrogens with one attached hydrogen (secondary N) is 1. The van der Waals surface area contributed by atoms with Crippen LogP contribution < -0.4 is 10.1 Å². The molecule has 1 aromatic carbocycles. The largest absolute Gasteiger partial charge is 0.496 e. The third-order valence-corrected chi connectivity index (χ3v) is 5.65. The summed E-state index contributed by atoms with van der Waals surface area (Å²) in [5, 5.41) is 4.51. The molecule has 1 amide bonds. The van der Waals surface area contributed by atoms with Gasteiger partial charge >= 0.3 is 0 Å². The first kappa shape index (κ1) is 16.6. The smallest absolute Gasteiger partial charge is 0.255 e. The average molecular weight is 375 g/mol. The maximum atomic E-state index is 12.4. The molecule has 0 aliphatic heterocycles. The number of carbonyl (C=O) groups excluding carboxylic acids is 1. The monoisotopic (exact) mass is 373 g/mol. The molecule has 0 saturated heterocycles. The Morgan fingerprint density at radius 1 is 1.38 bits per heavy atom. The van der Waals surface area contributed by atoms with Crippen LogP contribution in [0.5, 0.6) is 5.75 Å². The van der Waals surface area contributed by atoms with Gasteiger partial charge in [-0.1, -0.05) is 46.8 Å². The van der Waals surface area contributed by atoms with Gasteiger partial charge in [-0.2, -0.15) is 0 Å². The molecule has 0 bridgehead atoms. The van der Waals surface area contributed by atoms with Crippen molar-refractivity contribution in [3.63, 3.8) is 0 Å². The Hall–Kier alpha value is -0.740. The Labute approximate surface area is 139 Å². The molecular formula is C16H21BrClNO2. The molecular weight excluding hydrogens is 354 g/mol. The Morgan fingerprint density at radius 3 is 2.71 bits per heavy atom. The molecule has 0 atom stereocenters. The van der Waals surface area contributed by atoms with Crippen LogP contribution >= 0.6 is 27.5 Å². The number of methoxy groups -OCH3 is 1. The van der Waals surface area contributed by atoms with E-state index in [4.69, 9.17) is 16.3 Å². The van der Waals surface area contributed by atoms with E-state index in [-0.39, 0.29) is 11.3 Å². The number of benzene rings is 1. The topological polar surface area (TPSA) is 38.3 Å². The molecule has 0 aromatic heterocycles. The van der Waals surface area contributed by atoms with Crippen molar-refractivity contribution in [2.24, 2.45) is 5.41 Å². The molecule has 0 spiro atoms. The van der Waals surface area contributed by atoms with Gasteiger partial charge in [0.15, 0.2) is 0 Å². The molecule has 1 aliphatic carbocycles. The Morgan fingerprint density at radius 2 is 2.10 bits per heavy atom. The zero-order chi connectivity index (χ0) is 15.3. The van der Waals surface area contributed by atoms with E-state index in [1.54, 1.807) is 25.3 Å². The number of alkyl halides is 1. The van der Waals surface area contributed by atoms with Gasteiger partial charge in [-0.15, -0.1) is 0 Å². The van der Waals surface area contributed by atoms with Crippen molar-refractivity contribution in [1.82, 2.24) is 5.32 Å². The summed E-state index contributed by atoms with van der Waals surface area (Å²) in [6.45, 7) is 0.687. The van der Waals surface area contributed by atoms with Crippen LogP contribution in [-0.4, -0.2) is 24.9 Å². The van der Waals surface area contributed by atoms with Crippen molar-refractivity contribution in [3.8, 4) is 5.75 Å². The summed E-state index contributed by atoms with van der Waals surface area (Å²) < 4.78 is 5.24. The maximum Gasteiger partial charge on any atom is 0.255 e. The molecule has 116 valence electrons. The summed E-state index contributed by atoms with van der Waals surface area (Å²) in [6.07, 6.45) is 6.09. The molecule has 21 heavy (non-hydrogen) atoms. The normalized spacial score (nSPS) is 17.3. The van der Waals surface area contributed by atoms with Crippen LogP contribution in [0, 0.1) is 5.41 Å². The number of ether oxygens (including phenoxy) is 1. The van der Waals surface area contributed by atoms with Crippen molar-refractivity contribution >= 4 is 33.4 Å². The number of rotatable bonds is 5. The van der Waals surface area contributed by atoms with Gasteiger partial charge in [-0.05, 0) is 36.5 Å². The minimum atomic E-state index is -0.125. The van der Waals surface area contributed by atoms with Gasteiger partial charge in [0, 0.05) is 16.9 Å². The molecule has 3 nitrogen and oxygen atoms in total.